The second kappa shape index (κ2) is 9.78. The van der Waals surface area contributed by atoms with Gasteiger partial charge in [-0.3, -0.25) is 4.79 Å². The Balaban J connectivity index is 1.53. The number of hydrogen-bond acceptors (Lipinski definition) is 7. The zero-order valence-corrected chi connectivity index (χ0v) is 18.9. The van der Waals surface area contributed by atoms with E-state index in [0.717, 1.165) is 43.1 Å². The molecule has 3 aromatic rings. The van der Waals surface area contributed by atoms with E-state index in [1.54, 1.807) is 6.20 Å². The van der Waals surface area contributed by atoms with Crippen molar-refractivity contribution in [1.82, 2.24) is 14.9 Å². The molecule has 0 radical (unpaired) electrons. The van der Waals surface area contributed by atoms with Crippen LogP contribution in [0.2, 0.25) is 0 Å². The number of ketones is 1. The van der Waals surface area contributed by atoms with E-state index in [1.807, 2.05) is 44.2 Å². The van der Waals surface area contributed by atoms with Crippen LogP contribution >= 0.6 is 0 Å². The van der Waals surface area contributed by atoms with Crippen LogP contribution in [0.5, 0.6) is 0 Å². The largest absolute Gasteiger partial charge is 0.369 e. The van der Waals surface area contributed by atoms with Crippen molar-refractivity contribution < 1.29 is 4.79 Å². The molecule has 2 N–H and O–H groups in total. The van der Waals surface area contributed by atoms with Crippen LogP contribution in [0.1, 0.15) is 29.3 Å². The van der Waals surface area contributed by atoms with Crippen LogP contribution in [-0.4, -0.2) is 53.9 Å². The van der Waals surface area contributed by atoms with Gasteiger partial charge >= 0.3 is 0 Å². The second-order valence-corrected chi connectivity index (χ2v) is 8.14. The molecule has 166 valence electrons. The van der Waals surface area contributed by atoms with Crippen molar-refractivity contribution in [3.05, 3.63) is 65.9 Å². The highest BCUT2D eigenvalue weighted by molar-refractivity contribution is 6.01. The molecular weight excluding hydrogens is 400 g/mol. The molecule has 0 spiro atoms. The summed E-state index contributed by atoms with van der Waals surface area (Å²) in [5, 5.41) is 6.65. The van der Waals surface area contributed by atoms with E-state index < -0.39 is 0 Å². The molecule has 2 aromatic carbocycles. The molecule has 32 heavy (non-hydrogen) atoms. The summed E-state index contributed by atoms with van der Waals surface area (Å²) in [6.07, 6.45) is 2.24. The Morgan fingerprint density at radius 3 is 2.59 bits per heavy atom. The summed E-state index contributed by atoms with van der Waals surface area (Å²) in [7, 11) is 2.16. The van der Waals surface area contributed by atoms with Crippen molar-refractivity contribution in [3.63, 3.8) is 0 Å². The van der Waals surface area contributed by atoms with Crippen molar-refractivity contribution >= 4 is 34.6 Å². The topological polar surface area (TPSA) is 73.4 Å². The van der Waals surface area contributed by atoms with Crippen LogP contribution in [0.25, 0.3) is 0 Å². The molecule has 1 aromatic heterocycles. The van der Waals surface area contributed by atoms with Crippen LogP contribution < -0.4 is 15.5 Å². The fraction of sp³-hybridized carbons (Fsp3) is 0.320. The van der Waals surface area contributed by atoms with Gasteiger partial charge in [0.15, 0.2) is 5.78 Å². The van der Waals surface area contributed by atoms with Gasteiger partial charge in [0.05, 0.1) is 5.69 Å². The third-order valence-electron chi connectivity index (χ3n) is 5.74. The molecule has 0 atom stereocenters. The minimum atomic E-state index is 0.0962. The van der Waals surface area contributed by atoms with E-state index in [9.17, 15) is 4.79 Å². The highest BCUT2D eigenvalue weighted by Gasteiger charge is 2.15. The van der Waals surface area contributed by atoms with E-state index in [2.05, 4.69) is 55.6 Å². The van der Waals surface area contributed by atoms with Gasteiger partial charge in [0.25, 0.3) is 0 Å². The Kier molecular flexibility index (Phi) is 6.66. The third kappa shape index (κ3) is 5.06. The quantitative estimate of drug-likeness (QED) is 0.530. The molecule has 1 aliphatic heterocycles. The molecule has 1 saturated heterocycles. The monoisotopic (exact) mass is 430 g/mol. The van der Waals surface area contributed by atoms with Crippen molar-refractivity contribution in [2.45, 2.75) is 20.3 Å². The number of aromatic nitrogens is 2. The first-order valence-corrected chi connectivity index (χ1v) is 11.1. The Bertz CT molecular complexity index is 1090. The lowest BCUT2D eigenvalue weighted by atomic mass is 10.1. The average Bonchev–Trinajstić information content (AvgIpc) is 2.82. The molecule has 1 aliphatic rings. The van der Waals surface area contributed by atoms with Crippen molar-refractivity contribution in [2.75, 3.05) is 48.8 Å². The summed E-state index contributed by atoms with van der Waals surface area (Å²) in [4.78, 5) is 26.2. The molecule has 4 rings (SSSR count). The van der Waals surface area contributed by atoms with Gasteiger partial charge in [-0.2, -0.15) is 4.98 Å². The number of Topliss-reactive ketones (excluding diaryl/α,β-unsaturated/α-hetero) is 1. The molecule has 0 aliphatic carbocycles. The molecule has 7 nitrogen and oxygen atoms in total. The fourth-order valence-corrected chi connectivity index (χ4v) is 3.76. The zero-order valence-electron chi connectivity index (χ0n) is 18.9. The number of piperazine rings is 1. The molecule has 7 heteroatoms. The number of para-hydroxylation sites is 1. The van der Waals surface area contributed by atoms with E-state index in [4.69, 9.17) is 0 Å². The lowest BCUT2D eigenvalue weighted by molar-refractivity contribution is 0.0989. The number of benzene rings is 2. The van der Waals surface area contributed by atoms with Crippen LogP contribution in [0.15, 0.2) is 54.7 Å². The Labute approximate surface area is 189 Å². The number of rotatable bonds is 7. The smallest absolute Gasteiger partial charge is 0.229 e. The highest BCUT2D eigenvalue weighted by Crippen LogP contribution is 2.26. The molecule has 1 fully saturated rings. The number of carbonyl (C=O) groups is 1. The van der Waals surface area contributed by atoms with Gasteiger partial charge < -0.3 is 20.4 Å². The normalized spacial score (nSPS) is 14.3. The molecule has 0 amide bonds. The van der Waals surface area contributed by atoms with Gasteiger partial charge in [-0.05, 0) is 44.3 Å². The summed E-state index contributed by atoms with van der Waals surface area (Å²) < 4.78 is 0. The Hall–Kier alpha value is -3.45. The van der Waals surface area contributed by atoms with Crippen molar-refractivity contribution in [1.29, 1.82) is 0 Å². The van der Waals surface area contributed by atoms with Crippen LogP contribution in [0, 0.1) is 6.92 Å². The summed E-state index contributed by atoms with van der Waals surface area (Å²) in [5.41, 5.74) is 4.46. The van der Waals surface area contributed by atoms with E-state index in [-0.39, 0.29) is 5.78 Å². The first-order valence-electron chi connectivity index (χ1n) is 11.1. The van der Waals surface area contributed by atoms with Gasteiger partial charge in [-0.25, -0.2) is 4.98 Å². The number of nitrogens with one attached hydrogen (secondary N) is 2. The van der Waals surface area contributed by atoms with Crippen molar-refractivity contribution in [2.24, 2.45) is 0 Å². The minimum Gasteiger partial charge on any atom is -0.369 e. The Morgan fingerprint density at radius 2 is 1.81 bits per heavy atom. The van der Waals surface area contributed by atoms with Crippen LogP contribution in [-0.2, 0) is 0 Å². The first-order chi connectivity index (χ1) is 15.5. The van der Waals surface area contributed by atoms with Gasteiger partial charge in [0.2, 0.25) is 5.95 Å². The number of hydrogen-bond donors (Lipinski definition) is 2. The number of nitrogens with zero attached hydrogens (tertiary/aromatic N) is 4. The molecule has 0 bridgehead atoms. The van der Waals surface area contributed by atoms with Gasteiger partial charge in [-0.1, -0.05) is 25.1 Å². The minimum absolute atomic E-state index is 0.0962. The number of carbonyl (C=O) groups excluding carboxylic acids is 1. The first kappa shape index (κ1) is 21.8. The standard InChI is InChI=1S/C25H30N6O/c1-4-23(32)21-10-5-6-11-22(21)28-24-18(2)17-26-25(29-24)27-19-8-7-9-20(16-19)31-14-12-30(3)13-15-31/h5-11,16-17H,4,12-15H2,1-3H3,(H2,26,27,28,29). The summed E-state index contributed by atoms with van der Waals surface area (Å²) in [6.45, 7) is 7.99. The lowest BCUT2D eigenvalue weighted by Crippen LogP contribution is -2.44. The predicted octanol–water partition coefficient (Wildman–Crippen LogP) is 4.62. The zero-order chi connectivity index (χ0) is 22.5. The molecule has 0 saturated carbocycles. The summed E-state index contributed by atoms with van der Waals surface area (Å²) in [5.74, 6) is 1.28. The molecular formula is C25H30N6O. The Morgan fingerprint density at radius 1 is 1.03 bits per heavy atom. The number of likely N-dealkylation sites (N-methyl/N-ethyl adjacent to an activating group) is 1. The summed E-state index contributed by atoms with van der Waals surface area (Å²) in [6, 6.07) is 15.9. The number of aryl methyl sites for hydroxylation is 1. The van der Waals surface area contributed by atoms with Crippen LogP contribution in [0.3, 0.4) is 0 Å². The maximum Gasteiger partial charge on any atom is 0.229 e. The molecule has 2 heterocycles. The van der Waals surface area contributed by atoms with E-state index in [1.165, 1.54) is 5.69 Å². The summed E-state index contributed by atoms with van der Waals surface area (Å²) >= 11 is 0. The van der Waals surface area contributed by atoms with Gasteiger partial charge in [0.1, 0.15) is 5.82 Å². The lowest BCUT2D eigenvalue weighted by Gasteiger charge is -2.34. The second-order valence-electron chi connectivity index (χ2n) is 8.14. The number of anilines is 5. The maximum absolute atomic E-state index is 12.3. The SMILES string of the molecule is CCC(=O)c1ccccc1Nc1nc(Nc2cccc(N3CCN(C)CC3)c2)ncc1C. The van der Waals surface area contributed by atoms with Crippen molar-refractivity contribution in [3.8, 4) is 0 Å². The van der Waals surface area contributed by atoms with E-state index in [0.29, 0.717) is 23.8 Å². The van der Waals surface area contributed by atoms with E-state index >= 15 is 0 Å². The maximum atomic E-state index is 12.3. The molecule has 0 unspecified atom stereocenters. The predicted molar refractivity (Wildman–Crippen MR) is 131 cm³/mol. The highest BCUT2D eigenvalue weighted by atomic mass is 16.1. The van der Waals surface area contributed by atoms with Gasteiger partial charge in [0, 0.05) is 61.3 Å². The van der Waals surface area contributed by atoms with Crippen LogP contribution in [0.4, 0.5) is 28.8 Å². The average molecular weight is 431 g/mol. The third-order valence-corrected chi connectivity index (χ3v) is 5.74. The fourth-order valence-electron chi connectivity index (χ4n) is 3.76. The van der Waals surface area contributed by atoms with Gasteiger partial charge in [-0.15, -0.1) is 0 Å².